The van der Waals surface area contributed by atoms with Crippen LogP contribution >= 0.6 is 23.1 Å². The number of hydrogen-bond acceptors (Lipinski definition) is 7. The predicted octanol–water partition coefficient (Wildman–Crippen LogP) is 5.09. The molecule has 0 atom stereocenters. The number of carbonyl (C=O) groups excluding carboxylic acids is 3. The van der Waals surface area contributed by atoms with E-state index in [2.05, 4.69) is 15.6 Å². The normalized spacial score (nSPS) is 14.8. The van der Waals surface area contributed by atoms with Crippen LogP contribution in [0.1, 0.15) is 21.6 Å². The first-order chi connectivity index (χ1) is 16.7. The Bertz CT molecular complexity index is 1320. The molecule has 2 aromatic carbocycles. The van der Waals surface area contributed by atoms with Gasteiger partial charge >= 0.3 is 6.18 Å². The summed E-state index contributed by atoms with van der Waals surface area (Å²) in [6.07, 6.45) is -1.19. The van der Waals surface area contributed by atoms with Gasteiger partial charge in [-0.3, -0.25) is 25.0 Å². The van der Waals surface area contributed by atoms with E-state index in [1.165, 1.54) is 18.3 Å². The van der Waals surface area contributed by atoms with Crippen molar-refractivity contribution in [2.24, 2.45) is 0 Å². The molecule has 0 saturated carbocycles. The molecule has 0 unspecified atom stereocenters. The third-order valence-electron chi connectivity index (χ3n) is 4.64. The number of hydrogen-bond donors (Lipinski definition) is 2. The average molecular weight is 520 g/mol. The Hall–Kier alpha value is -3.64. The molecule has 180 valence electrons. The fraction of sp³-hybridized carbons (Fsp3) is 0.130. The summed E-state index contributed by atoms with van der Waals surface area (Å²) in [4.78, 5) is 40.4. The number of halogens is 3. The second-order valence-corrected chi connectivity index (χ2v) is 9.36. The molecule has 3 amide bonds. The summed E-state index contributed by atoms with van der Waals surface area (Å²) in [5.74, 6) is -0.653. The zero-order valence-electron chi connectivity index (χ0n) is 17.7. The number of amides is 3. The van der Waals surface area contributed by atoms with Gasteiger partial charge in [-0.25, -0.2) is 4.98 Å². The van der Waals surface area contributed by atoms with Gasteiger partial charge in [-0.1, -0.05) is 36.4 Å². The van der Waals surface area contributed by atoms with Gasteiger partial charge < -0.3 is 4.74 Å². The third kappa shape index (κ3) is 6.49. The predicted molar refractivity (Wildman–Crippen MR) is 126 cm³/mol. The number of ether oxygens (including phenoxy) is 1. The smallest absolute Gasteiger partial charge is 0.416 e. The summed E-state index contributed by atoms with van der Waals surface area (Å²) in [5, 5.41) is 4.58. The van der Waals surface area contributed by atoms with Crippen LogP contribution < -0.4 is 15.4 Å². The molecule has 1 aliphatic heterocycles. The summed E-state index contributed by atoms with van der Waals surface area (Å²) in [6.45, 7) is -0.346. The Morgan fingerprint density at radius 1 is 1.14 bits per heavy atom. The molecular formula is C23H16F3N3O4S2. The van der Waals surface area contributed by atoms with Gasteiger partial charge in [-0.15, -0.1) is 11.3 Å². The minimum absolute atomic E-state index is 0.214. The second kappa shape index (κ2) is 10.3. The zero-order valence-corrected chi connectivity index (χ0v) is 19.4. The molecule has 12 heteroatoms. The van der Waals surface area contributed by atoms with Crippen molar-refractivity contribution >= 4 is 51.4 Å². The van der Waals surface area contributed by atoms with Crippen molar-refractivity contribution in [3.63, 3.8) is 0 Å². The lowest BCUT2D eigenvalue weighted by Crippen LogP contribution is -2.20. The highest BCUT2D eigenvalue weighted by Crippen LogP contribution is 2.31. The lowest BCUT2D eigenvalue weighted by molar-refractivity contribution is -0.137. The number of alkyl halides is 3. The lowest BCUT2D eigenvalue weighted by Gasteiger charge is -2.09. The number of para-hydroxylation sites is 1. The minimum Gasteiger partial charge on any atom is -0.483 e. The van der Waals surface area contributed by atoms with Crippen molar-refractivity contribution in [3.8, 4) is 5.75 Å². The molecule has 4 rings (SSSR count). The molecule has 0 spiro atoms. The van der Waals surface area contributed by atoms with E-state index < -0.39 is 28.8 Å². The number of thioether (sulfide) groups is 1. The van der Waals surface area contributed by atoms with E-state index in [0.29, 0.717) is 21.8 Å². The quantitative estimate of drug-likeness (QED) is 0.422. The van der Waals surface area contributed by atoms with E-state index in [9.17, 15) is 27.6 Å². The first-order valence-electron chi connectivity index (χ1n) is 10.0. The molecule has 1 aromatic heterocycles. The van der Waals surface area contributed by atoms with Crippen LogP contribution in [0.5, 0.6) is 5.75 Å². The highest BCUT2D eigenvalue weighted by Gasteiger charge is 2.30. The summed E-state index contributed by atoms with van der Waals surface area (Å²) < 4.78 is 44.3. The number of nitrogens with one attached hydrogen (secondary N) is 2. The topological polar surface area (TPSA) is 97.4 Å². The van der Waals surface area contributed by atoms with Gasteiger partial charge in [0.05, 0.1) is 10.5 Å². The summed E-state index contributed by atoms with van der Waals surface area (Å²) in [7, 11) is 0. The van der Waals surface area contributed by atoms with Crippen molar-refractivity contribution in [3.05, 3.63) is 81.2 Å². The summed E-state index contributed by atoms with van der Waals surface area (Å²) in [6, 6.07) is 11.8. The number of nitrogens with zero attached hydrogens (tertiary/aromatic N) is 1. The zero-order chi connectivity index (χ0) is 25.0. The summed E-state index contributed by atoms with van der Waals surface area (Å²) in [5.41, 5.74) is 0.274. The minimum atomic E-state index is -4.42. The van der Waals surface area contributed by atoms with Crippen molar-refractivity contribution in [2.75, 3.05) is 11.9 Å². The summed E-state index contributed by atoms with van der Waals surface area (Å²) >= 11 is 1.92. The van der Waals surface area contributed by atoms with Gasteiger partial charge in [0.15, 0.2) is 11.7 Å². The molecule has 1 saturated heterocycles. The standard InChI is InChI=1S/C23H16F3N3O4S2/c24-23(25,26)15-6-3-4-13(8-15)9-16-11-27-21(34-16)28-19(30)12-33-17-7-2-1-5-14(17)10-18-20(31)29-22(32)35-18/h1-8,10-11H,9,12H2,(H,27,28,30)(H,29,31,32)/b18-10-. The number of anilines is 1. The molecule has 7 nitrogen and oxygen atoms in total. The molecule has 1 fully saturated rings. The van der Waals surface area contributed by atoms with Crippen molar-refractivity contribution in [2.45, 2.75) is 12.6 Å². The van der Waals surface area contributed by atoms with Crippen LogP contribution in [-0.4, -0.2) is 28.6 Å². The van der Waals surface area contributed by atoms with Gasteiger partial charge in [0.1, 0.15) is 5.75 Å². The number of benzene rings is 2. The number of thiazole rings is 1. The molecule has 35 heavy (non-hydrogen) atoms. The van der Waals surface area contributed by atoms with Gasteiger partial charge in [-0.05, 0) is 35.5 Å². The van der Waals surface area contributed by atoms with E-state index >= 15 is 0 Å². The third-order valence-corrected chi connectivity index (χ3v) is 6.36. The molecule has 1 aliphatic rings. The maximum Gasteiger partial charge on any atom is 0.416 e. The average Bonchev–Trinajstić information content (AvgIpc) is 3.37. The molecular weight excluding hydrogens is 503 g/mol. The first-order valence-corrected chi connectivity index (χ1v) is 11.7. The fourth-order valence-corrected chi connectivity index (χ4v) is 4.63. The molecule has 0 radical (unpaired) electrons. The van der Waals surface area contributed by atoms with Crippen LogP contribution in [-0.2, 0) is 22.2 Å². The van der Waals surface area contributed by atoms with E-state index in [-0.39, 0.29) is 23.1 Å². The van der Waals surface area contributed by atoms with Crippen LogP contribution in [0.4, 0.5) is 23.1 Å². The number of aromatic nitrogens is 1. The van der Waals surface area contributed by atoms with E-state index in [4.69, 9.17) is 4.74 Å². The Labute approximate surface area is 205 Å². The van der Waals surface area contributed by atoms with E-state index in [1.807, 2.05) is 0 Å². The Kier molecular flexibility index (Phi) is 7.22. The van der Waals surface area contributed by atoms with Crippen LogP contribution in [0.2, 0.25) is 0 Å². The maximum absolute atomic E-state index is 12.9. The van der Waals surface area contributed by atoms with E-state index in [0.717, 1.165) is 35.2 Å². The van der Waals surface area contributed by atoms with Crippen LogP contribution in [0.15, 0.2) is 59.6 Å². The number of carbonyl (C=O) groups is 3. The molecule has 0 aliphatic carbocycles. The van der Waals surface area contributed by atoms with E-state index in [1.54, 1.807) is 30.3 Å². The molecule has 2 N–H and O–H groups in total. The molecule has 0 bridgehead atoms. The SMILES string of the molecule is O=C(COc1ccccc1/C=C1\SC(=O)NC1=O)Nc1ncc(Cc2cccc(C(F)(F)F)c2)s1. The second-order valence-electron chi connectivity index (χ2n) is 7.23. The number of rotatable bonds is 7. The van der Waals surface area contributed by atoms with Gasteiger partial charge in [0.25, 0.3) is 17.1 Å². The lowest BCUT2D eigenvalue weighted by atomic mass is 10.1. The van der Waals surface area contributed by atoms with Gasteiger partial charge in [0, 0.05) is 23.1 Å². The fourth-order valence-electron chi connectivity index (χ4n) is 3.10. The maximum atomic E-state index is 12.9. The van der Waals surface area contributed by atoms with Crippen molar-refractivity contribution in [1.29, 1.82) is 0 Å². The Morgan fingerprint density at radius 3 is 2.69 bits per heavy atom. The van der Waals surface area contributed by atoms with Crippen molar-refractivity contribution in [1.82, 2.24) is 10.3 Å². The van der Waals surface area contributed by atoms with Crippen LogP contribution in [0.3, 0.4) is 0 Å². The molecule has 2 heterocycles. The number of imide groups is 1. The molecule has 3 aromatic rings. The Balaban J connectivity index is 1.35. The highest BCUT2D eigenvalue weighted by atomic mass is 32.2. The van der Waals surface area contributed by atoms with Crippen molar-refractivity contribution < 1.29 is 32.3 Å². The van der Waals surface area contributed by atoms with Gasteiger partial charge in [0.2, 0.25) is 0 Å². The first kappa shape index (κ1) is 24.5. The van der Waals surface area contributed by atoms with Crippen LogP contribution in [0, 0.1) is 0 Å². The largest absolute Gasteiger partial charge is 0.483 e. The Morgan fingerprint density at radius 2 is 1.94 bits per heavy atom. The highest BCUT2D eigenvalue weighted by molar-refractivity contribution is 8.18. The monoisotopic (exact) mass is 519 g/mol. The van der Waals surface area contributed by atoms with Gasteiger partial charge in [-0.2, -0.15) is 13.2 Å². The van der Waals surface area contributed by atoms with Crippen LogP contribution in [0.25, 0.3) is 6.08 Å².